The molecular weight excluding hydrogens is 326 g/mol. The predicted octanol–water partition coefficient (Wildman–Crippen LogP) is 4.98. The predicted molar refractivity (Wildman–Crippen MR) is 77.7 cm³/mol. The first-order valence-electron chi connectivity index (χ1n) is 6.78. The molecule has 0 unspecified atom stereocenters. The van der Waals surface area contributed by atoms with Crippen molar-refractivity contribution in [3.05, 3.63) is 65.7 Å². The van der Waals surface area contributed by atoms with E-state index in [4.69, 9.17) is 4.42 Å². The minimum Gasteiger partial charge on any atom is -0.431 e. The molecule has 1 heterocycles. The van der Waals surface area contributed by atoms with Gasteiger partial charge in [-0.2, -0.15) is 13.2 Å². The topological polar surface area (TPSA) is 43.1 Å². The molecule has 0 N–H and O–H groups in total. The van der Waals surface area contributed by atoms with Gasteiger partial charge in [0.1, 0.15) is 11.5 Å². The van der Waals surface area contributed by atoms with Gasteiger partial charge in [0.05, 0.1) is 0 Å². The van der Waals surface area contributed by atoms with E-state index in [0.717, 1.165) is 12.1 Å². The van der Waals surface area contributed by atoms with Gasteiger partial charge in [-0.3, -0.25) is 4.79 Å². The van der Waals surface area contributed by atoms with Crippen LogP contribution in [-0.4, -0.2) is 11.3 Å². The number of nitrogens with zero attached hydrogens (tertiary/aromatic N) is 1. The first-order chi connectivity index (χ1) is 11.4. The minimum atomic E-state index is -4.80. The molecule has 0 atom stereocenters. The van der Waals surface area contributed by atoms with Crippen LogP contribution in [0.1, 0.15) is 16.1 Å². The average Bonchev–Trinajstić information content (AvgIpc) is 3.01. The van der Waals surface area contributed by atoms with Crippen LogP contribution in [0.3, 0.4) is 0 Å². The van der Waals surface area contributed by atoms with Gasteiger partial charge in [0.25, 0.3) is 0 Å². The smallest absolute Gasteiger partial charge is 0.431 e. The maximum absolute atomic E-state index is 13.3. The van der Waals surface area contributed by atoms with Gasteiger partial charge >= 0.3 is 6.18 Å². The minimum absolute atomic E-state index is 0.0111. The summed E-state index contributed by atoms with van der Waals surface area (Å²) in [4.78, 5) is 15.0. The lowest BCUT2D eigenvalue weighted by molar-refractivity contribution is -0.152. The molecule has 0 spiro atoms. The van der Waals surface area contributed by atoms with Crippen molar-refractivity contribution >= 4 is 6.29 Å². The fraction of sp³-hybridized carbons (Fsp3) is 0.0588. The third-order valence-corrected chi connectivity index (χ3v) is 3.32. The van der Waals surface area contributed by atoms with Crippen LogP contribution in [0, 0.1) is 5.82 Å². The zero-order valence-electron chi connectivity index (χ0n) is 12.0. The summed E-state index contributed by atoms with van der Waals surface area (Å²) in [5.74, 6) is -2.15. The number of hydrogen-bond acceptors (Lipinski definition) is 3. The first kappa shape index (κ1) is 15.9. The van der Waals surface area contributed by atoms with Gasteiger partial charge in [0.2, 0.25) is 11.7 Å². The van der Waals surface area contributed by atoms with Crippen molar-refractivity contribution in [2.75, 3.05) is 0 Å². The molecule has 1 aromatic heterocycles. The Morgan fingerprint density at radius 1 is 1.00 bits per heavy atom. The van der Waals surface area contributed by atoms with Crippen molar-refractivity contribution in [2.45, 2.75) is 6.18 Å². The van der Waals surface area contributed by atoms with Gasteiger partial charge in [-0.25, -0.2) is 9.37 Å². The largest absolute Gasteiger partial charge is 0.451 e. The average molecular weight is 335 g/mol. The van der Waals surface area contributed by atoms with E-state index in [9.17, 15) is 22.4 Å². The molecule has 0 aliphatic carbocycles. The van der Waals surface area contributed by atoms with Crippen LogP contribution < -0.4 is 0 Å². The summed E-state index contributed by atoms with van der Waals surface area (Å²) in [6.45, 7) is 0. The van der Waals surface area contributed by atoms with E-state index in [2.05, 4.69) is 4.98 Å². The molecule has 3 aromatic rings. The van der Waals surface area contributed by atoms with Crippen LogP contribution in [0.5, 0.6) is 0 Å². The van der Waals surface area contributed by atoms with Crippen LogP contribution in [0.25, 0.3) is 22.7 Å². The summed E-state index contributed by atoms with van der Waals surface area (Å²) in [5, 5.41) is 0. The summed E-state index contributed by atoms with van der Waals surface area (Å²) >= 11 is 0. The van der Waals surface area contributed by atoms with E-state index in [0.29, 0.717) is 6.29 Å². The molecule has 7 heteroatoms. The Kier molecular flexibility index (Phi) is 3.92. The number of aromatic nitrogens is 1. The van der Waals surface area contributed by atoms with Crippen molar-refractivity contribution < 1.29 is 26.8 Å². The van der Waals surface area contributed by atoms with Crippen molar-refractivity contribution in [3.63, 3.8) is 0 Å². The number of oxazole rings is 1. The van der Waals surface area contributed by atoms with Gasteiger partial charge in [-0.15, -0.1) is 0 Å². The van der Waals surface area contributed by atoms with Crippen LogP contribution in [0.2, 0.25) is 0 Å². The molecule has 0 radical (unpaired) electrons. The van der Waals surface area contributed by atoms with E-state index in [1.807, 2.05) is 0 Å². The second kappa shape index (κ2) is 5.92. The lowest BCUT2D eigenvalue weighted by Crippen LogP contribution is -2.05. The molecule has 0 saturated heterocycles. The number of carbonyl (C=O) groups is 1. The van der Waals surface area contributed by atoms with Gasteiger partial charge in [-0.1, -0.05) is 24.3 Å². The van der Waals surface area contributed by atoms with Gasteiger partial charge in [0, 0.05) is 16.7 Å². The molecule has 122 valence electrons. The van der Waals surface area contributed by atoms with Crippen LogP contribution in [-0.2, 0) is 6.18 Å². The Labute approximate surface area is 133 Å². The molecule has 0 aliphatic rings. The number of carbonyl (C=O) groups excluding carboxylic acids is 1. The van der Waals surface area contributed by atoms with E-state index < -0.39 is 23.4 Å². The van der Waals surface area contributed by atoms with Gasteiger partial charge < -0.3 is 4.42 Å². The summed E-state index contributed by atoms with van der Waals surface area (Å²) < 4.78 is 57.7. The first-order valence-corrected chi connectivity index (χ1v) is 6.78. The summed E-state index contributed by atoms with van der Waals surface area (Å²) in [6, 6.07) is 10.5. The van der Waals surface area contributed by atoms with Crippen molar-refractivity contribution in [2.24, 2.45) is 0 Å². The van der Waals surface area contributed by atoms with Crippen molar-refractivity contribution in [3.8, 4) is 22.7 Å². The van der Waals surface area contributed by atoms with Crippen molar-refractivity contribution in [1.82, 2.24) is 4.98 Å². The molecular formula is C17H9F4NO2. The zero-order chi connectivity index (χ0) is 17.3. The molecule has 0 saturated carbocycles. The van der Waals surface area contributed by atoms with E-state index in [1.165, 1.54) is 36.4 Å². The third-order valence-electron chi connectivity index (χ3n) is 3.32. The second-order valence-electron chi connectivity index (χ2n) is 4.91. The molecule has 3 rings (SSSR count). The molecule has 0 aliphatic heterocycles. The Hall–Kier alpha value is -2.96. The normalized spacial score (nSPS) is 11.5. The fourth-order valence-corrected chi connectivity index (χ4v) is 2.23. The number of rotatable bonds is 3. The quantitative estimate of drug-likeness (QED) is 0.501. The third kappa shape index (κ3) is 2.92. The number of halogens is 4. The van der Waals surface area contributed by atoms with E-state index in [1.54, 1.807) is 0 Å². The lowest BCUT2D eigenvalue weighted by Gasteiger charge is -2.06. The van der Waals surface area contributed by atoms with Crippen LogP contribution in [0.15, 0.2) is 52.9 Å². The Bertz CT molecular complexity index is 882. The maximum Gasteiger partial charge on any atom is 0.451 e. The number of hydrogen-bond donors (Lipinski definition) is 0. The van der Waals surface area contributed by atoms with Crippen LogP contribution >= 0.6 is 0 Å². The maximum atomic E-state index is 13.3. The lowest BCUT2D eigenvalue weighted by atomic mass is 10.0. The van der Waals surface area contributed by atoms with Crippen molar-refractivity contribution in [1.29, 1.82) is 0 Å². The highest BCUT2D eigenvalue weighted by atomic mass is 19.4. The Morgan fingerprint density at radius 3 is 2.29 bits per heavy atom. The zero-order valence-corrected chi connectivity index (χ0v) is 12.0. The molecule has 24 heavy (non-hydrogen) atoms. The molecule has 2 aromatic carbocycles. The Balaban J connectivity index is 2.21. The fourth-order valence-electron chi connectivity index (χ4n) is 2.23. The second-order valence-corrected chi connectivity index (χ2v) is 4.91. The summed E-state index contributed by atoms with van der Waals surface area (Å²) in [7, 11) is 0. The highest BCUT2D eigenvalue weighted by Gasteiger charge is 2.40. The monoisotopic (exact) mass is 335 g/mol. The highest BCUT2D eigenvalue weighted by Crippen LogP contribution is 2.40. The summed E-state index contributed by atoms with van der Waals surface area (Å²) in [5.41, 5.74) is -0.222. The number of aldehydes is 1. The Morgan fingerprint density at radius 2 is 1.67 bits per heavy atom. The molecule has 3 nitrogen and oxygen atoms in total. The van der Waals surface area contributed by atoms with Gasteiger partial charge in [0.15, 0.2) is 6.29 Å². The molecule has 0 fully saturated rings. The standard InChI is InChI=1S/C17H9F4NO2/c18-12-7-5-10(6-8-12)16-22-14(15(24-16)17(19,20)21)13-4-2-1-3-11(13)9-23/h1-9H. The number of benzene rings is 2. The molecule has 0 amide bonds. The molecule has 0 bridgehead atoms. The number of alkyl halides is 3. The SMILES string of the molecule is O=Cc1ccccc1-c1nc(-c2ccc(F)cc2)oc1C(F)(F)F. The van der Waals surface area contributed by atoms with E-state index >= 15 is 0 Å². The van der Waals surface area contributed by atoms with Crippen LogP contribution in [0.4, 0.5) is 17.6 Å². The highest BCUT2D eigenvalue weighted by molar-refractivity contribution is 5.87. The summed E-state index contributed by atoms with van der Waals surface area (Å²) in [6.07, 6.45) is -4.35. The van der Waals surface area contributed by atoms with E-state index in [-0.39, 0.29) is 22.6 Å². The van der Waals surface area contributed by atoms with Gasteiger partial charge in [-0.05, 0) is 24.3 Å².